The largest absolute Gasteiger partial charge is 0.482 e. The molecule has 0 fully saturated rings. The third kappa shape index (κ3) is 2.73. The second-order valence-electron chi connectivity index (χ2n) is 6.20. The first-order valence-corrected chi connectivity index (χ1v) is 8.45. The molecular formula is C20H18FN3O2. The zero-order valence-corrected chi connectivity index (χ0v) is 14.5. The van der Waals surface area contributed by atoms with Gasteiger partial charge in [0.2, 0.25) is 0 Å². The average molecular weight is 351 g/mol. The molecule has 6 heteroatoms. The summed E-state index contributed by atoms with van der Waals surface area (Å²) in [6, 6.07) is 12.1. The molecule has 2 aromatic carbocycles. The fourth-order valence-corrected chi connectivity index (χ4v) is 3.31. The Morgan fingerprint density at radius 1 is 1.19 bits per heavy atom. The molecular weight excluding hydrogens is 333 g/mol. The van der Waals surface area contributed by atoms with Gasteiger partial charge in [-0.3, -0.25) is 9.48 Å². The number of hydrogen-bond acceptors (Lipinski definition) is 3. The summed E-state index contributed by atoms with van der Waals surface area (Å²) in [7, 11) is 1.88. The lowest BCUT2D eigenvalue weighted by Gasteiger charge is -2.19. The van der Waals surface area contributed by atoms with E-state index in [-0.39, 0.29) is 18.3 Å². The number of aromatic nitrogens is 2. The smallest absolute Gasteiger partial charge is 0.262 e. The van der Waals surface area contributed by atoms with Gasteiger partial charge in [0.15, 0.2) is 6.61 Å². The zero-order chi connectivity index (χ0) is 18.3. The van der Waals surface area contributed by atoms with E-state index >= 15 is 0 Å². The molecule has 0 bridgehead atoms. The van der Waals surface area contributed by atoms with Crippen LogP contribution in [0.15, 0.2) is 42.5 Å². The summed E-state index contributed by atoms with van der Waals surface area (Å²) < 4.78 is 20.6. The van der Waals surface area contributed by atoms with Gasteiger partial charge in [-0.05, 0) is 42.3 Å². The summed E-state index contributed by atoms with van der Waals surface area (Å²) in [5.74, 6) is 0.202. The number of nitrogens with one attached hydrogen (secondary N) is 1. The van der Waals surface area contributed by atoms with Crippen LogP contribution in [-0.4, -0.2) is 22.3 Å². The Kier molecular flexibility index (Phi) is 3.95. The van der Waals surface area contributed by atoms with Crippen molar-refractivity contribution in [2.24, 2.45) is 7.05 Å². The normalized spacial score (nSPS) is 13.1. The lowest BCUT2D eigenvalue weighted by atomic mass is 9.97. The maximum atomic E-state index is 13.4. The fourth-order valence-electron chi connectivity index (χ4n) is 3.31. The van der Waals surface area contributed by atoms with Crippen molar-refractivity contribution in [1.29, 1.82) is 0 Å². The molecule has 2 heterocycles. The van der Waals surface area contributed by atoms with Gasteiger partial charge in [0.05, 0.1) is 17.1 Å². The van der Waals surface area contributed by atoms with Crippen molar-refractivity contribution >= 4 is 11.6 Å². The number of halogens is 1. The summed E-state index contributed by atoms with van der Waals surface area (Å²) in [5.41, 5.74) is 5.28. The van der Waals surface area contributed by atoms with E-state index in [2.05, 4.69) is 10.4 Å². The SMILES string of the molecule is CCc1nn(C)c(-c2ccc3c(c2)NC(=O)CO3)c1-c1ccc(F)cc1. The number of benzene rings is 2. The van der Waals surface area contributed by atoms with Crippen LogP contribution in [0.1, 0.15) is 12.6 Å². The van der Waals surface area contributed by atoms with E-state index in [4.69, 9.17) is 4.74 Å². The van der Waals surface area contributed by atoms with Crippen LogP contribution in [-0.2, 0) is 18.3 Å². The van der Waals surface area contributed by atoms with E-state index in [9.17, 15) is 9.18 Å². The van der Waals surface area contributed by atoms with Crippen LogP contribution in [0.25, 0.3) is 22.4 Å². The highest BCUT2D eigenvalue weighted by atomic mass is 19.1. The van der Waals surface area contributed by atoms with Crippen LogP contribution in [0.2, 0.25) is 0 Å². The molecule has 132 valence electrons. The predicted octanol–water partition coefficient (Wildman–Crippen LogP) is 3.79. The van der Waals surface area contributed by atoms with Crippen LogP contribution >= 0.6 is 0 Å². The number of amides is 1. The Hall–Kier alpha value is -3.15. The van der Waals surface area contributed by atoms with Gasteiger partial charge in [-0.1, -0.05) is 19.1 Å². The van der Waals surface area contributed by atoms with E-state index in [1.54, 1.807) is 12.1 Å². The highest BCUT2D eigenvalue weighted by molar-refractivity contribution is 5.96. The second-order valence-corrected chi connectivity index (χ2v) is 6.20. The Labute approximate surface area is 150 Å². The number of carbonyl (C=O) groups excluding carboxylic acids is 1. The number of nitrogens with zero attached hydrogens (tertiary/aromatic N) is 2. The van der Waals surface area contributed by atoms with Crippen molar-refractivity contribution in [1.82, 2.24) is 9.78 Å². The minimum Gasteiger partial charge on any atom is -0.482 e. The number of ether oxygens (including phenoxy) is 1. The van der Waals surface area contributed by atoms with Crippen molar-refractivity contribution in [3.63, 3.8) is 0 Å². The Morgan fingerprint density at radius 2 is 1.92 bits per heavy atom. The van der Waals surface area contributed by atoms with Gasteiger partial charge >= 0.3 is 0 Å². The molecule has 0 atom stereocenters. The highest BCUT2D eigenvalue weighted by Gasteiger charge is 2.21. The van der Waals surface area contributed by atoms with Gasteiger partial charge in [0, 0.05) is 18.2 Å². The molecule has 1 amide bonds. The Bertz CT molecular complexity index is 993. The fraction of sp³-hybridized carbons (Fsp3) is 0.200. The van der Waals surface area contributed by atoms with Gasteiger partial charge < -0.3 is 10.1 Å². The van der Waals surface area contributed by atoms with Crippen LogP contribution < -0.4 is 10.1 Å². The van der Waals surface area contributed by atoms with Crippen molar-refractivity contribution < 1.29 is 13.9 Å². The first kappa shape index (κ1) is 16.3. The van der Waals surface area contributed by atoms with E-state index in [1.165, 1.54) is 12.1 Å². The van der Waals surface area contributed by atoms with Gasteiger partial charge in [-0.15, -0.1) is 0 Å². The highest BCUT2D eigenvalue weighted by Crippen LogP contribution is 2.38. The monoisotopic (exact) mass is 351 g/mol. The third-order valence-electron chi connectivity index (χ3n) is 4.47. The molecule has 1 aliphatic rings. The lowest BCUT2D eigenvalue weighted by molar-refractivity contribution is -0.118. The van der Waals surface area contributed by atoms with E-state index in [1.807, 2.05) is 36.9 Å². The maximum absolute atomic E-state index is 13.4. The number of anilines is 1. The molecule has 1 aromatic heterocycles. The lowest BCUT2D eigenvalue weighted by Crippen LogP contribution is -2.25. The summed E-state index contributed by atoms with van der Waals surface area (Å²) >= 11 is 0. The number of hydrogen-bond donors (Lipinski definition) is 1. The molecule has 0 radical (unpaired) electrons. The minimum atomic E-state index is -0.272. The van der Waals surface area contributed by atoms with Gasteiger partial charge in [0.1, 0.15) is 11.6 Å². The average Bonchev–Trinajstić information content (AvgIpc) is 2.98. The molecule has 0 saturated carbocycles. The van der Waals surface area contributed by atoms with Gasteiger partial charge in [-0.2, -0.15) is 5.10 Å². The van der Waals surface area contributed by atoms with Crippen LogP contribution in [0.5, 0.6) is 5.75 Å². The quantitative estimate of drug-likeness (QED) is 0.781. The number of carbonyl (C=O) groups is 1. The third-order valence-corrected chi connectivity index (χ3v) is 4.47. The van der Waals surface area contributed by atoms with Crippen LogP contribution in [0.3, 0.4) is 0 Å². The maximum Gasteiger partial charge on any atom is 0.262 e. The molecule has 0 saturated heterocycles. The standard InChI is InChI=1S/C20H18FN3O2/c1-3-15-19(12-4-7-14(21)8-5-12)20(24(2)23-15)13-6-9-17-16(10-13)22-18(25)11-26-17/h4-10H,3,11H2,1-2H3,(H,22,25). The topological polar surface area (TPSA) is 56.2 Å². The van der Waals surface area contributed by atoms with Gasteiger partial charge in [-0.25, -0.2) is 4.39 Å². The van der Waals surface area contributed by atoms with E-state index < -0.39 is 0 Å². The predicted molar refractivity (Wildman–Crippen MR) is 97.5 cm³/mol. The first-order valence-electron chi connectivity index (χ1n) is 8.45. The number of fused-ring (bicyclic) bond motifs is 1. The molecule has 5 nitrogen and oxygen atoms in total. The second kappa shape index (κ2) is 6.29. The number of rotatable bonds is 3. The molecule has 0 unspecified atom stereocenters. The molecule has 0 aliphatic carbocycles. The van der Waals surface area contributed by atoms with Crippen molar-refractivity contribution in [3.8, 4) is 28.1 Å². The van der Waals surface area contributed by atoms with Crippen molar-refractivity contribution in [2.45, 2.75) is 13.3 Å². The summed E-state index contributed by atoms with van der Waals surface area (Å²) in [6.45, 7) is 2.07. The zero-order valence-electron chi connectivity index (χ0n) is 14.5. The van der Waals surface area contributed by atoms with Crippen LogP contribution in [0, 0.1) is 5.82 Å². The molecule has 1 N–H and O–H groups in total. The molecule has 3 aromatic rings. The minimum absolute atomic E-state index is 0.0267. The van der Waals surface area contributed by atoms with E-state index in [0.29, 0.717) is 11.4 Å². The Balaban J connectivity index is 1.89. The molecule has 26 heavy (non-hydrogen) atoms. The van der Waals surface area contributed by atoms with Crippen LogP contribution in [0.4, 0.5) is 10.1 Å². The summed E-state index contributed by atoms with van der Waals surface area (Å²) in [6.07, 6.45) is 0.755. The van der Waals surface area contributed by atoms with Gasteiger partial charge in [0.25, 0.3) is 5.91 Å². The number of aryl methyl sites for hydroxylation is 2. The van der Waals surface area contributed by atoms with Crippen molar-refractivity contribution in [3.05, 3.63) is 54.0 Å². The Morgan fingerprint density at radius 3 is 2.65 bits per heavy atom. The summed E-state index contributed by atoms with van der Waals surface area (Å²) in [5, 5.41) is 7.47. The molecule has 4 rings (SSSR count). The first-order chi connectivity index (χ1) is 12.6. The molecule has 1 aliphatic heterocycles. The molecule has 0 spiro atoms. The summed E-state index contributed by atoms with van der Waals surface area (Å²) in [4.78, 5) is 11.6. The van der Waals surface area contributed by atoms with Crippen molar-refractivity contribution in [2.75, 3.05) is 11.9 Å². The van der Waals surface area contributed by atoms with E-state index in [0.717, 1.165) is 34.5 Å².